The van der Waals surface area contributed by atoms with Crippen LogP contribution in [0.3, 0.4) is 0 Å². The second kappa shape index (κ2) is 5.67. The number of nitrogens with one attached hydrogen (secondary N) is 1. The number of carbonyl (C=O) groups is 1. The zero-order valence-electron chi connectivity index (χ0n) is 17.6. The number of aliphatic hydroxyl groups excluding tert-OH is 2. The van der Waals surface area contributed by atoms with E-state index in [-0.39, 0.29) is 28.9 Å². The molecule has 2 aliphatic carbocycles. The van der Waals surface area contributed by atoms with Crippen LogP contribution in [0.25, 0.3) is 0 Å². The number of hydrogen-bond donors (Lipinski definition) is 4. The van der Waals surface area contributed by atoms with Gasteiger partial charge in [-0.15, -0.1) is 0 Å². The summed E-state index contributed by atoms with van der Waals surface area (Å²) < 4.78 is 6.82. The van der Waals surface area contributed by atoms with Crippen LogP contribution in [0.1, 0.15) is 68.4 Å². The number of phenolic OH excluding ortho intramolecular Hbond substituents is 1. The Labute approximate surface area is 171 Å². The highest BCUT2D eigenvalue weighted by Crippen LogP contribution is 2.67. The highest BCUT2D eigenvalue weighted by molar-refractivity contribution is 6.00. The summed E-state index contributed by atoms with van der Waals surface area (Å²) in [6.45, 7) is 8.89. The van der Waals surface area contributed by atoms with Gasteiger partial charge in [-0.3, -0.25) is 4.79 Å². The van der Waals surface area contributed by atoms with Gasteiger partial charge in [0.2, 0.25) is 0 Å². The molecule has 1 spiro atoms. The van der Waals surface area contributed by atoms with Gasteiger partial charge in [0.25, 0.3) is 5.91 Å². The number of aromatic hydroxyl groups is 1. The summed E-state index contributed by atoms with van der Waals surface area (Å²) in [6.07, 6.45) is 1.36. The first-order valence-electron chi connectivity index (χ1n) is 10.7. The van der Waals surface area contributed by atoms with Crippen LogP contribution in [-0.4, -0.2) is 39.0 Å². The minimum Gasteiger partial charge on any atom is -0.508 e. The molecule has 5 rings (SSSR count). The molecule has 0 aromatic heterocycles. The number of hydrogen-bond acceptors (Lipinski definition) is 5. The van der Waals surface area contributed by atoms with Gasteiger partial charge in [-0.25, -0.2) is 0 Å². The fourth-order valence-corrected chi connectivity index (χ4v) is 7.32. The Morgan fingerprint density at radius 1 is 1.17 bits per heavy atom. The van der Waals surface area contributed by atoms with Crippen molar-refractivity contribution in [3.05, 3.63) is 22.8 Å². The third-order valence-corrected chi connectivity index (χ3v) is 8.94. The van der Waals surface area contributed by atoms with Gasteiger partial charge in [0, 0.05) is 29.5 Å². The number of ether oxygens (including phenoxy) is 1. The molecule has 158 valence electrons. The molecular weight excluding hydrogens is 370 g/mol. The van der Waals surface area contributed by atoms with Gasteiger partial charge in [-0.2, -0.15) is 0 Å². The molecule has 1 aromatic carbocycles. The van der Waals surface area contributed by atoms with E-state index in [2.05, 4.69) is 19.2 Å². The number of carbonyl (C=O) groups excluding carboxylic acids is 1. The van der Waals surface area contributed by atoms with Crippen LogP contribution in [0.2, 0.25) is 0 Å². The number of benzene rings is 1. The molecule has 0 bridgehead atoms. The van der Waals surface area contributed by atoms with E-state index >= 15 is 0 Å². The molecule has 1 amide bonds. The van der Waals surface area contributed by atoms with Crippen molar-refractivity contribution in [2.45, 2.75) is 77.7 Å². The summed E-state index contributed by atoms with van der Waals surface area (Å²) >= 11 is 0. The van der Waals surface area contributed by atoms with E-state index in [1.54, 1.807) is 6.07 Å². The molecule has 2 heterocycles. The van der Waals surface area contributed by atoms with E-state index in [0.717, 1.165) is 24.0 Å². The number of aliphatic hydroxyl groups is 2. The molecule has 6 atom stereocenters. The fraction of sp³-hybridized carbons (Fsp3) is 0.696. The van der Waals surface area contributed by atoms with Gasteiger partial charge < -0.3 is 25.4 Å². The number of rotatable bonds is 0. The highest BCUT2D eigenvalue weighted by Gasteiger charge is 2.68. The number of phenols is 1. The Kier molecular flexibility index (Phi) is 3.75. The normalized spacial score (nSPS) is 42.1. The number of fused-ring (bicyclic) bond motifs is 5. The Hall–Kier alpha value is -1.79. The van der Waals surface area contributed by atoms with E-state index < -0.39 is 23.2 Å². The van der Waals surface area contributed by atoms with Crippen molar-refractivity contribution in [2.75, 3.05) is 0 Å². The van der Waals surface area contributed by atoms with Crippen LogP contribution in [-0.2, 0) is 13.0 Å². The maximum atomic E-state index is 12.2. The molecule has 0 saturated heterocycles. The van der Waals surface area contributed by atoms with Gasteiger partial charge in [0.05, 0.1) is 17.8 Å². The molecule has 6 nitrogen and oxygen atoms in total. The largest absolute Gasteiger partial charge is 0.508 e. The van der Waals surface area contributed by atoms with Gasteiger partial charge in [0.1, 0.15) is 17.1 Å². The zero-order chi connectivity index (χ0) is 20.9. The zero-order valence-corrected chi connectivity index (χ0v) is 17.6. The monoisotopic (exact) mass is 401 g/mol. The van der Waals surface area contributed by atoms with E-state index in [0.29, 0.717) is 30.7 Å². The van der Waals surface area contributed by atoms with E-state index in [1.807, 2.05) is 13.8 Å². The van der Waals surface area contributed by atoms with Crippen molar-refractivity contribution in [2.24, 2.45) is 22.7 Å². The maximum absolute atomic E-state index is 12.2. The van der Waals surface area contributed by atoms with Gasteiger partial charge >= 0.3 is 0 Å². The predicted molar refractivity (Wildman–Crippen MR) is 107 cm³/mol. The lowest BCUT2D eigenvalue weighted by atomic mass is 9.43. The quantitative estimate of drug-likeness (QED) is 0.535. The average molecular weight is 402 g/mol. The minimum atomic E-state index is -0.816. The van der Waals surface area contributed by atoms with Crippen molar-refractivity contribution in [1.82, 2.24) is 5.32 Å². The van der Waals surface area contributed by atoms with Crippen LogP contribution in [0.4, 0.5) is 0 Å². The molecule has 2 aliphatic heterocycles. The molecule has 0 unspecified atom stereocenters. The Bertz CT molecular complexity index is 911. The molecule has 0 radical (unpaired) electrons. The first-order valence-corrected chi connectivity index (χ1v) is 10.7. The topological polar surface area (TPSA) is 99.0 Å². The summed E-state index contributed by atoms with van der Waals surface area (Å²) in [6, 6.07) is 1.57. The SMILES string of the molecule is C[C@@H]1CC[C@H]2C(C)(C)[C@H](O)[C@H](O)C[C@]2(C)[C@]12Cc1c(O)cc3c(c1O2)CNC3=O. The van der Waals surface area contributed by atoms with Crippen LogP contribution in [0.5, 0.6) is 11.5 Å². The molecule has 2 saturated carbocycles. The summed E-state index contributed by atoms with van der Waals surface area (Å²) in [4.78, 5) is 12.2. The average Bonchev–Trinajstić information content (AvgIpc) is 3.22. The Balaban J connectivity index is 1.66. The second-order valence-electron chi connectivity index (χ2n) is 10.6. The highest BCUT2D eigenvalue weighted by atomic mass is 16.5. The maximum Gasteiger partial charge on any atom is 0.252 e. The second-order valence-corrected chi connectivity index (χ2v) is 10.6. The van der Waals surface area contributed by atoms with Gasteiger partial charge in [-0.05, 0) is 42.6 Å². The van der Waals surface area contributed by atoms with Crippen molar-refractivity contribution in [3.8, 4) is 11.5 Å². The molecule has 4 N–H and O–H groups in total. The third kappa shape index (κ3) is 2.17. The standard InChI is InChI=1S/C23H31NO5/c1-11-5-6-17-21(2,3)19(27)16(26)9-22(17,4)23(11)8-13-15(25)7-12-14(18(13)29-23)10-24-20(12)28/h7,11,16-17,19,25-27H,5-6,8-10H2,1-4H3,(H,24,28)/t11-,16-,17+,19-,22+,23+/m1/s1. The van der Waals surface area contributed by atoms with Crippen molar-refractivity contribution >= 4 is 5.91 Å². The van der Waals surface area contributed by atoms with Crippen LogP contribution in [0.15, 0.2) is 6.07 Å². The fourth-order valence-electron chi connectivity index (χ4n) is 7.32. The van der Waals surface area contributed by atoms with Crippen molar-refractivity contribution in [1.29, 1.82) is 0 Å². The molecule has 2 fully saturated rings. The Morgan fingerprint density at radius 3 is 2.62 bits per heavy atom. The minimum absolute atomic E-state index is 0.112. The molecule has 6 heteroatoms. The van der Waals surface area contributed by atoms with Crippen LogP contribution >= 0.6 is 0 Å². The first kappa shape index (κ1) is 19.2. The lowest BCUT2D eigenvalue weighted by Crippen LogP contribution is -2.69. The van der Waals surface area contributed by atoms with Gasteiger partial charge in [0.15, 0.2) is 0 Å². The molecule has 29 heavy (non-hydrogen) atoms. The summed E-state index contributed by atoms with van der Waals surface area (Å²) in [5.74, 6) is 0.968. The third-order valence-electron chi connectivity index (χ3n) is 8.94. The predicted octanol–water partition coefficient (Wildman–Crippen LogP) is 2.51. The summed E-state index contributed by atoms with van der Waals surface area (Å²) in [7, 11) is 0. The lowest BCUT2D eigenvalue weighted by Gasteiger charge is -2.64. The van der Waals surface area contributed by atoms with Crippen LogP contribution < -0.4 is 10.1 Å². The molecular formula is C23H31NO5. The lowest BCUT2D eigenvalue weighted by molar-refractivity contribution is -0.240. The smallest absolute Gasteiger partial charge is 0.252 e. The van der Waals surface area contributed by atoms with Crippen LogP contribution in [0, 0.1) is 22.7 Å². The number of amides is 1. The van der Waals surface area contributed by atoms with E-state index in [4.69, 9.17) is 4.74 Å². The molecule has 1 aromatic rings. The van der Waals surface area contributed by atoms with Crippen molar-refractivity contribution < 1.29 is 24.9 Å². The first-order chi connectivity index (χ1) is 13.5. The Morgan fingerprint density at radius 2 is 1.90 bits per heavy atom. The van der Waals surface area contributed by atoms with E-state index in [1.165, 1.54) is 0 Å². The molecule has 4 aliphatic rings. The van der Waals surface area contributed by atoms with E-state index in [9.17, 15) is 20.1 Å². The summed E-state index contributed by atoms with van der Waals surface area (Å²) in [5.41, 5.74) is 0.679. The van der Waals surface area contributed by atoms with Gasteiger partial charge in [-0.1, -0.05) is 27.7 Å². The summed E-state index contributed by atoms with van der Waals surface area (Å²) in [5, 5.41) is 35.1. The van der Waals surface area contributed by atoms with Crippen molar-refractivity contribution in [3.63, 3.8) is 0 Å².